The molecule has 1 atom stereocenters. The van der Waals surface area contributed by atoms with Crippen molar-refractivity contribution in [3.63, 3.8) is 0 Å². The van der Waals surface area contributed by atoms with Crippen LogP contribution in [0.15, 0.2) is 29.2 Å². The van der Waals surface area contributed by atoms with E-state index in [1.54, 1.807) is 11.8 Å². The number of benzene rings is 1. The average molecular weight is 239 g/mol. The lowest BCUT2D eigenvalue weighted by Gasteiger charge is -2.25. The maximum Gasteiger partial charge on any atom is 0.305 e. The molecule has 0 amide bonds. The van der Waals surface area contributed by atoms with Crippen LogP contribution in [0.25, 0.3) is 0 Å². The summed E-state index contributed by atoms with van der Waals surface area (Å²) < 4.78 is 0. The molecule has 3 nitrogen and oxygen atoms in total. The molecular formula is C12H17NO2S. The van der Waals surface area contributed by atoms with Crippen LogP contribution < -0.4 is 4.90 Å². The number of carboxylic acids is 1. The first-order chi connectivity index (χ1) is 7.54. The van der Waals surface area contributed by atoms with E-state index in [-0.39, 0.29) is 12.5 Å². The highest BCUT2D eigenvalue weighted by molar-refractivity contribution is 7.98. The lowest BCUT2D eigenvalue weighted by Crippen LogP contribution is -2.30. The van der Waals surface area contributed by atoms with Crippen molar-refractivity contribution < 1.29 is 9.90 Å². The number of aliphatic carboxylic acids is 1. The van der Waals surface area contributed by atoms with Gasteiger partial charge in [0.05, 0.1) is 6.42 Å². The third-order valence-electron chi connectivity index (χ3n) is 2.61. The Morgan fingerprint density at radius 2 is 2.00 bits per heavy atom. The van der Waals surface area contributed by atoms with Gasteiger partial charge in [-0.2, -0.15) is 0 Å². The summed E-state index contributed by atoms with van der Waals surface area (Å²) in [4.78, 5) is 13.8. The molecule has 0 aromatic heterocycles. The van der Waals surface area contributed by atoms with Crippen molar-refractivity contribution >= 4 is 23.4 Å². The summed E-state index contributed by atoms with van der Waals surface area (Å²) in [6, 6.07) is 8.13. The number of carboxylic acid groups (broad SMARTS) is 1. The highest BCUT2D eigenvalue weighted by atomic mass is 32.2. The zero-order valence-electron chi connectivity index (χ0n) is 9.80. The third kappa shape index (κ3) is 3.45. The molecule has 0 saturated carbocycles. The van der Waals surface area contributed by atoms with E-state index >= 15 is 0 Å². The number of carbonyl (C=O) groups is 1. The van der Waals surface area contributed by atoms with Gasteiger partial charge in [0.15, 0.2) is 0 Å². The maximum atomic E-state index is 10.6. The minimum absolute atomic E-state index is 0.00219. The number of hydrogen-bond donors (Lipinski definition) is 1. The predicted octanol–water partition coefficient (Wildman–Crippen LogP) is 2.71. The number of hydrogen-bond acceptors (Lipinski definition) is 3. The number of thioether (sulfide) groups is 1. The van der Waals surface area contributed by atoms with Crippen LogP contribution in [0.5, 0.6) is 0 Å². The molecule has 88 valence electrons. The fourth-order valence-corrected chi connectivity index (χ4v) is 1.87. The molecule has 1 rings (SSSR count). The van der Waals surface area contributed by atoms with Gasteiger partial charge in [0.25, 0.3) is 0 Å². The van der Waals surface area contributed by atoms with Gasteiger partial charge in [-0.05, 0) is 37.4 Å². The zero-order chi connectivity index (χ0) is 12.1. The van der Waals surface area contributed by atoms with Crippen LogP contribution in [-0.4, -0.2) is 30.4 Å². The third-order valence-corrected chi connectivity index (χ3v) is 3.35. The largest absolute Gasteiger partial charge is 0.481 e. The Morgan fingerprint density at radius 3 is 2.44 bits per heavy atom. The second-order valence-corrected chi connectivity index (χ2v) is 4.64. The van der Waals surface area contributed by atoms with Crippen molar-refractivity contribution in [3.8, 4) is 0 Å². The molecule has 1 aromatic carbocycles. The van der Waals surface area contributed by atoms with Crippen LogP contribution in [0.4, 0.5) is 5.69 Å². The van der Waals surface area contributed by atoms with Gasteiger partial charge in [0.2, 0.25) is 0 Å². The van der Waals surface area contributed by atoms with Crippen LogP contribution >= 0.6 is 11.8 Å². The molecule has 0 aliphatic heterocycles. The molecule has 4 heteroatoms. The van der Waals surface area contributed by atoms with Gasteiger partial charge in [-0.15, -0.1) is 11.8 Å². The van der Waals surface area contributed by atoms with Gasteiger partial charge >= 0.3 is 5.97 Å². The SMILES string of the molecule is CSc1ccc(N(C)C(C)CC(=O)O)cc1. The molecule has 0 fully saturated rings. The fourth-order valence-electron chi connectivity index (χ4n) is 1.46. The average Bonchev–Trinajstić information content (AvgIpc) is 2.27. The van der Waals surface area contributed by atoms with Gasteiger partial charge in [-0.3, -0.25) is 4.79 Å². The first-order valence-corrected chi connectivity index (χ1v) is 6.35. The lowest BCUT2D eigenvalue weighted by atomic mass is 10.2. The molecule has 1 aromatic rings. The summed E-state index contributed by atoms with van der Waals surface area (Å²) in [5.41, 5.74) is 1.05. The van der Waals surface area contributed by atoms with Crippen LogP contribution in [-0.2, 0) is 4.79 Å². The zero-order valence-corrected chi connectivity index (χ0v) is 10.6. The predicted molar refractivity (Wildman–Crippen MR) is 68.3 cm³/mol. The molecule has 0 spiro atoms. The summed E-state index contributed by atoms with van der Waals surface area (Å²) in [6.07, 6.45) is 2.19. The van der Waals surface area contributed by atoms with E-state index < -0.39 is 5.97 Å². The van der Waals surface area contributed by atoms with Gasteiger partial charge in [-0.25, -0.2) is 0 Å². The van der Waals surface area contributed by atoms with E-state index in [9.17, 15) is 4.79 Å². The van der Waals surface area contributed by atoms with Crippen molar-refractivity contribution in [1.29, 1.82) is 0 Å². The Bertz CT molecular complexity index is 351. The molecule has 0 saturated heterocycles. The van der Waals surface area contributed by atoms with Gasteiger partial charge in [-0.1, -0.05) is 0 Å². The van der Waals surface area contributed by atoms with Gasteiger partial charge < -0.3 is 10.0 Å². The van der Waals surface area contributed by atoms with Crippen molar-refractivity contribution in [2.75, 3.05) is 18.2 Å². The minimum atomic E-state index is -0.764. The van der Waals surface area contributed by atoms with Crippen molar-refractivity contribution in [3.05, 3.63) is 24.3 Å². The van der Waals surface area contributed by atoms with E-state index in [0.29, 0.717) is 0 Å². The molecule has 0 aliphatic carbocycles. The Morgan fingerprint density at radius 1 is 1.44 bits per heavy atom. The topological polar surface area (TPSA) is 40.5 Å². The molecular weight excluding hydrogens is 222 g/mol. The molecule has 16 heavy (non-hydrogen) atoms. The van der Waals surface area contributed by atoms with E-state index in [1.807, 2.05) is 49.4 Å². The van der Waals surface area contributed by atoms with Crippen LogP contribution in [0.1, 0.15) is 13.3 Å². The van der Waals surface area contributed by atoms with Crippen LogP contribution in [0, 0.1) is 0 Å². The first-order valence-electron chi connectivity index (χ1n) is 5.13. The molecule has 0 aliphatic rings. The molecule has 0 bridgehead atoms. The fraction of sp³-hybridized carbons (Fsp3) is 0.417. The molecule has 0 heterocycles. The Kier molecular flexibility index (Phi) is 4.68. The quantitative estimate of drug-likeness (QED) is 0.802. The Labute approximate surface area is 100 Å². The number of nitrogens with zero attached hydrogens (tertiary/aromatic N) is 1. The molecule has 0 radical (unpaired) electrons. The first kappa shape index (κ1) is 12.9. The number of anilines is 1. The minimum Gasteiger partial charge on any atom is -0.481 e. The van der Waals surface area contributed by atoms with E-state index in [2.05, 4.69) is 0 Å². The van der Waals surface area contributed by atoms with Crippen LogP contribution in [0.2, 0.25) is 0 Å². The second kappa shape index (κ2) is 5.80. The smallest absolute Gasteiger partial charge is 0.305 e. The summed E-state index contributed by atoms with van der Waals surface area (Å²) >= 11 is 1.70. The highest BCUT2D eigenvalue weighted by Crippen LogP contribution is 2.21. The summed E-state index contributed by atoms with van der Waals surface area (Å²) in [6.45, 7) is 1.91. The van der Waals surface area contributed by atoms with E-state index in [0.717, 1.165) is 5.69 Å². The summed E-state index contributed by atoms with van der Waals surface area (Å²) in [5, 5.41) is 8.73. The standard InChI is InChI=1S/C12H17NO2S/c1-9(8-12(14)15)13(2)10-4-6-11(16-3)7-5-10/h4-7,9H,8H2,1-3H3,(H,14,15). The lowest BCUT2D eigenvalue weighted by molar-refractivity contribution is -0.137. The molecule has 1 N–H and O–H groups in total. The van der Waals surface area contributed by atoms with Crippen LogP contribution in [0.3, 0.4) is 0 Å². The summed E-state index contributed by atoms with van der Waals surface area (Å²) in [5.74, 6) is -0.764. The van der Waals surface area contributed by atoms with Gasteiger partial charge in [0, 0.05) is 23.7 Å². The second-order valence-electron chi connectivity index (χ2n) is 3.76. The monoisotopic (exact) mass is 239 g/mol. The Hall–Kier alpha value is -1.16. The highest BCUT2D eigenvalue weighted by Gasteiger charge is 2.13. The van der Waals surface area contributed by atoms with E-state index in [4.69, 9.17) is 5.11 Å². The van der Waals surface area contributed by atoms with Crippen molar-refractivity contribution in [2.24, 2.45) is 0 Å². The van der Waals surface area contributed by atoms with Crippen molar-refractivity contribution in [1.82, 2.24) is 0 Å². The normalized spacial score (nSPS) is 12.2. The molecule has 1 unspecified atom stereocenters. The maximum absolute atomic E-state index is 10.6. The summed E-state index contributed by atoms with van der Waals surface area (Å²) in [7, 11) is 1.92. The van der Waals surface area contributed by atoms with Gasteiger partial charge in [0.1, 0.15) is 0 Å². The number of rotatable bonds is 5. The van der Waals surface area contributed by atoms with E-state index in [1.165, 1.54) is 4.90 Å². The Balaban J connectivity index is 2.71. The van der Waals surface area contributed by atoms with Crippen molar-refractivity contribution in [2.45, 2.75) is 24.3 Å².